The van der Waals surface area contributed by atoms with E-state index in [2.05, 4.69) is 11.9 Å². The summed E-state index contributed by atoms with van der Waals surface area (Å²) in [5, 5.41) is 2.78. The molecule has 1 aliphatic rings. The van der Waals surface area contributed by atoms with E-state index in [9.17, 15) is 4.79 Å². The highest BCUT2D eigenvalue weighted by Gasteiger charge is 2.40. The van der Waals surface area contributed by atoms with Crippen molar-refractivity contribution in [3.05, 3.63) is 29.3 Å². The zero-order valence-electron chi connectivity index (χ0n) is 14.1. The highest BCUT2D eigenvalue weighted by atomic mass is 32.1. The molecule has 24 heavy (non-hydrogen) atoms. The zero-order chi connectivity index (χ0) is 17.1. The van der Waals surface area contributed by atoms with Gasteiger partial charge in [0, 0.05) is 10.9 Å². The Morgan fingerprint density at radius 1 is 1.38 bits per heavy atom. The van der Waals surface area contributed by atoms with Crippen LogP contribution in [0.15, 0.2) is 23.6 Å². The molecule has 0 radical (unpaired) electrons. The van der Waals surface area contributed by atoms with Crippen LogP contribution in [0.25, 0.3) is 10.6 Å². The van der Waals surface area contributed by atoms with Gasteiger partial charge in [-0.05, 0) is 37.5 Å². The van der Waals surface area contributed by atoms with Crippen molar-refractivity contribution in [3.8, 4) is 22.1 Å². The summed E-state index contributed by atoms with van der Waals surface area (Å²) in [5.41, 5.74) is 1.72. The summed E-state index contributed by atoms with van der Waals surface area (Å²) in [6.45, 7) is 4.81. The van der Waals surface area contributed by atoms with E-state index < -0.39 is 0 Å². The Morgan fingerprint density at radius 3 is 2.83 bits per heavy atom. The van der Waals surface area contributed by atoms with Gasteiger partial charge in [-0.15, -0.1) is 11.3 Å². The predicted octanol–water partition coefficient (Wildman–Crippen LogP) is 3.92. The molecule has 0 saturated heterocycles. The lowest BCUT2D eigenvalue weighted by Gasteiger charge is -2.09. The molecule has 1 aromatic heterocycles. The second kappa shape index (κ2) is 7.21. The summed E-state index contributed by atoms with van der Waals surface area (Å²) in [4.78, 5) is 16.3. The number of hydrogen-bond donors (Lipinski definition) is 0. The molecular formula is C18H21NO4S. The molecule has 0 aliphatic heterocycles. The Kier molecular flexibility index (Phi) is 5.04. The Balaban J connectivity index is 1.67. The van der Waals surface area contributed by atoms with Crippen LogP contribution in [0, 0.1) is 11.8 Å². The maximum Gasteiger partial charge on any atom is 0.309 e. The van der Waals surface area contributed by atoms with Crippen LogP contribution < -0.4 is 9.47 Å². The van der Waals surface area contributed by atoms with E-state index in [1.54, 1.807) is 7.11 Å². The summed E-state index contributed by atoms with van der Waals surface area (Å²) in [7, 11) is 1.62. The third-order valence-electron chi connectivity index (χ3n) is 4.04. The van der Waals surface area contributed by atoms with Gasteiger partial charge in [0.2, 0.25) is 0 Å². The van der Waals surface area contributed by atoms with Gasteiger partial charge in [0.25, 0.3) is 0 Å². The SMILES string of the molecule is CCOc1ccc(-c2nc(COC(=O)[C@H]3C[C@@H]3C)cs2)cc1OC. The number of carbonyl (C=O) groups excluding carboxylic acids is 1. The molecule has 6 heteroatoms. The third kappa shape index (κ3) is 3.70. The Morgan fingerprint density at radius 2 is 2.17 bits per heavy atom. The lowest BCUT2D eigenvalue weighted by Crippen LogP contribution is -2.07. The van der Waals surface area contributed by atoms with Gasteiger partial charge in [-0.3, -0.25) is 4.79 Å². The number of hydrogen-bond acceptors (Lipinski definition) is 6. The van der Waals surface area contributed by atoms with Crippen molar-refractivity contribution in [2.75, 3.05) is 13.7 Å². The first-order valence-electron chi connectivity index (χ1n) is 8.04. The standard InChI is InChI=1S/C18H21NO4S/c1-4-22-15-6-5-12(8-16(15)21-3)17-19-13(10-24-17)9-23-18(20)14-7-11(14)2/h5-6,8,10-11,14H,4,7,9H2,1-3H3/t11-,14-/m0/s1. The topological polar surface area (TPSA) is 57.7 Å². The minimum atomic E-state index is -0.111. The highest BCUT2D eigenvalue weighted by molar-refractivity contribution is 7.13. The summed E-state index contributed by atoms with van der Waals surface area (Å²) in [5.74, 6) is 1.83. The van der Waals surface area contributed by atoms with Crippen molar-refractivity contribution < 1.29 is 19.0 Å². The van der Waals surface area contributed by atoms with E-state index in [4.69, 9.17) is 14.2 Å². The number of ether oxygens (including phenoxy) is 3. The molecule has 3 rings (SSSR count). The largest absolute Gasteiger partial charge is 0.493 e. The fourth-order valence-corrected chi connectivity index (χ4v) is 3.29. The summed E-state index contributed by atoms with van der Waals surface area (Å²) >= 11 is 1.52. The van der Waals surface area contributed by atoms with Gasteiger partial charge in [-0.2, -0.15) is 0 Å². The zero-order valence-corrected chi connectivity index (χ0v) is 14.9. The number of thiazole rings is 1. The molecule has 0 spiro atoms. The molecule has 5 nitrogen and oxygen atoms in total. The van der Waals surface area contributed by atoms with Crippen molar-refractivity contribution in [3.63, 3.8) is 0 Å². The van der Waals surface area contributed by atoms with Gasteiger partial charge in [-0.25, -0.2) is 4.98 Å². The molecule has 0 unspecified atom stereocenters. The van der Waals surface area contributed by atoms with Crippen molar-refractivity contribution in [2.45, 2.75) is 26.9 Å². The Labute approximate surface area is 145 Å². The van der Waals surface area contributed by atoms with Crippen molar-refractivity contribution in [1.82, 2.24) is 4.98 Å². The van der Waals surface area contributed by atoms with Gasteiger partial charge in [0.1, 0.15) is 11.6 Å². The van der Waals surface area contributed by atoms with E-state index in [1.807, 2.05) is 30.5 Å². The van der Waals surface area contributed by atoms with Crippen LogP contribution in [0.5, 0.6) is 11.5 Å². The molecule has 0 bridgehead atoms. The number of methoxy groups -OCH3 is 1. The lowest BCUT2D eigenvalue weighted by molar-refractivity contribution is -0.146. The summed E-state index contributed by atoms with van der Waals surface area (Å²) < 4.78 is 16.2. The monoisotopic (exact) mass is 347 g/mol. The van der Waals surface area contributed by atoms with Gasteiger partial charge >= 0.3 is 5.97 Å². The van der Waals surface area contributed by atoms with E-state index in [0.717, 1.165) is 22.7 Å². The maximum absolute atomic E-state index is 11.8. The summed E-state index contributed by atoms with van der Waals surface area (Å²) in [6.07, 6.45) is 0.938. The number of aromatic nitrogens is 1. The molecule has 1 saturated carbocycles. The number of rotatable bonds is 7. The summed E-state index contributed by atoms with van der Waals surface area (Å²) in [6, 6.07) is 5.74. The second-order valence-electron chi connectivity index (χ2n) is 5.87. The van der Waals surface area contributed by atoms with Crippen molar-refractivity contribution in [1.29, 1.82) is 0 Å². The van der Waals surface area contributed by atoms with E-state index in [0.29, 0.717) is 24.0 Å². The maximum atomic E-state index is 11.8. The van der Waals surface area contributed by atoms with Crippen LogP contribution in [0.3, 0.4) is 0 Å². The van der Waals surface area contributed by atoms with Crippen LogP contribution >= 0.6 is 11.3 Å². The van der Waals surface area contributed by atoms with Gasteiger partial charge in [-0.1, -0.05) is 6.92 Å². The first-order chi connectivity index (χ1) is 11.6. The molecule has 2 atom stereocenters. The number of esters is 1. The molecule has 2 aromatic rings. The molecule has 128 valence electrons. The average Bonchev–Trinajstić information content (AvgIpc) is 3.14. The average molecular weight is 347 g/mol. The van der Waals surface area contributed by atoms with Crippen molar-refractivity contribution in [2.24, 2.45) is 11.8 Å². The number of nitrogens with zero attached hydrogens (tertiary/aromatic N) is 1. The first kappa shape index (κ1) is 16.8. The van der Waals surface area contributed by atoms with E-state index >= 15 is 0 Å². The normalized spacial score (nSPS) is 19.0. The number of benzene rings is 1. The van der Waals surface area contributed by atoms with Crippen LogP contribution in [0.1, 0.15) is 26.0 Å². The quantitative estimate of drug-likeness (QED) is 0.711. The fraction of sp³-hybridized carbons (Fsp3) is 0.444. The lowest BCUT2D eigenvalue weighted by atomic mass is 10.2. The van der Waals surface area contributed by atoms with Crippen molar-refractivity contribution >= 4 is 17.3 Å². The molecule has 0 amide bonds. The Hall–Kier alpha value is -2.08. The van der Waals surface area contributed by atoms with Crippen LogP contribution in [0.2, 0.25) is 0 Å². The second-order valence-corrected chi connectivity index (χ2v) is 6.73. The van der Waals surface area contributed by atoms with Gasteiger partial charge in [0.15, 0.2) is 11.5 Å². The van der Waals surface area contributed by atoms with E-state index in [-0.39, 0.29) is 18.5 Å². The third-order valence-corrected chi connectivity index (χ3v) is 4.98. The molecular weight excluding hydrogens is 326 g/mol. The smallest absolute Gasteiger partial charge is 0.309 e. The fourth-order valence-electron chi connectivity index (χ4n) is 2.48. The number of carbonyl (C=O) groups is 1. The minimum absolute atomic E-state index is 0.0819. The Bertz CT molecular complexity index is 728. The molecule has 1 heterocycles. The van der Waals surface area contributed by atoms with Crippen LogP contribution in [0.4, 0.5) is 0 Å². The predicted molar refractivity (Wildman–Crippen MR) is 92.3 cm³/mol. The van der Waals surface area contributed by atoms with Gasteiger partial charge < -0.3 is 14.2 Å². The highest BCUT2D eigenvalue weighted by Crippen LogP contribution is 2.39. The van der Waals surface area contributed by atoms with Crippen LogP contribution in [-0.2, 0) is 16.1 Å². The van der Waals surface area contributed by atoms with Gasteiger partial charge in [0.05, 0.1) is 25.3 Å². The minimum Gasteiger partial charge on any atom is -0.493 e. The first-order valence-corrected chi connectivity index (χ1v) is 8.92. The molecule has 0 N–H and O–H groups in total. The van der Waals surface area contributed by atoms with E-state index in [1.165, 1.54) is 11.3 Å². The molecule has 1 aliphatic carbocycles. The van der Waals surface area contributed by atoms with Crippen LogP contribution in [-0.4, -0.2) is 24.7 Å². The molecule has 1 aromatic carbocycles. The molecule has 1 fully saturated rings.